The molecule has 162 valence electrons. The van der Waals surface area contributed by atoms with Gasteiger partial charge in [-0.25, -0.2) is 5.43 Å². The van der Waals surface area contributed by atoms with Crippen LogP contribution in [-0.2, 0) is 15.3 Å². The molecule has 0 fully saturated rings. The summed E-state index contributed by atoms with van der Waals surface area (Å²) in [5.74, 6) is 1.48. The van der Waals surface area contributed by atoms with Gasteiger partial charge < -0.3 is 14.8 Å². The van der Waals surface area contributed by atoms with Crippen molar-refractivity contribution in [3.8, 4) is 11.5 Å². The first-order valence-corrected chi connectivity index (χ1v) is 11.3. The Kier molecular flexibility index (Phi) is 8.36. The summed E-state index contributed by atoms with van der Waals surface area (Å²) in [5.41, 5.74) is 4.48. The number of hydrazone groups is 1. The summed E-state index contributed by atoms with van der Waals surface area (Å²) in [6, 6.07) is 12.2. The largest absolute Gasteiger partial charge is 0.497 e. The van der Waals surface area contributed by atoms with Gasteiger partial charge in [0.25, 0.3) is 0 Å². The molecule has 31 heavy (non-hydrogen) atoms. The fourth-order valence-corrected chi connectivity index (χ4v) is 4.60. The Morgan fingerprint density at radius 3 is 2.65 bits per heavy atom. The van der Waals surface area contributed by atoms with Crippen molar-refractivity contribution in [2.45, 2.75) is 5.75 Å². The number of anilines is 1. The number of hydrogen-bond donors (Lipinski definition) is 2. The molecule has 0 spiro atoms. The average Bonchev–Trinajstić information content (AvgIpc) is 3.32. The van der Waals surface area contributed by atoms with E-state index in [2.05, 4.69) is 20.8 Å². The molecule has 0 unspecified atom stereocenters. The highest BCUT2D eigenvalue weighted by Crippen LogP contribution is 2.29. The lowest BCUT2D eigenvalue weighted by Crippen LogP contribution is -2.32. The van der Waals surface area contributed by atoms with E-state index in [1.54, 1.807) is 62.0 Å². The molecule has 2 aromatic rings. The third-order valence-electron chi connectivity index (χ3n) is 4.15. The third kappa shape index (κ3) is 6.76. The summed E-state index contributed by atoms with van der Waals surface area (Å²) in [6.07, 6.45) is 1.48. The van der Waals surface area contributed by atoms with Crippen molar-refractivity contribution in [2.75, 3.05) is 31.8 Å². The predicted octanol–water partition coefficient (Wildman–Crippen LogP) is 3.13. The summed E-state index contributed by atoms with van der Waals surface area (Å²) in [4.78, 5) is 28.4. The van der Waals surface area contributed by atoms with Crippen LogP contribution >= 0.6 is 23.5 Å². The number of methoxy groups -OCH3 is 2. The monoisotopic (exact) mass is 458 g/mol. The first kappa shape index (κ1) is 22.7. The number of benzene rings is 2. The molecule has 0 aliphatic carbocycles. The number of nitrogens with one attached hydrogen (secondary N) is 2. The molecule has 1 aliphatic rings. The maximum Gasteiger partial charge on any atom is 0.329 e. The second-order valence-electron chi connectivity index (χ2n) is 6.24. The Bertz CT molecular complexity index is 993. The lowest BCUT2D eigenvalue weighted by molar-refractivity contribution is -0.136. The Balaban J connectivity index is 1.55. The van der Waals surface area contributed by atoms with Crippen LogP contribution in [0, 0.1) is 0 Å². The smallest absolute Gasteiger partial charge is 0.329 e. The number of nitrogens with zero attached hydrogens (tertiary/aromatic N) is 2. The van der Waals surface area contributed by atoms with E-state index in [0.717, 1.165) is 33.5 Å². The standard InChI is InChI=1S/C21H22N4O4S2/c1-28-17-6-4-16(5-7-17)24-19(26)20(27)25-23-12-14-3-8-18(29-2)15(11-14)13-31-21-22-9-10-30-21/h3-8,11-12H,9-10,13H2,1-2H3,(H,24,26)(H,25,27)/b23-12+. The predicted molar refractivity (Wildman–Crippen MR) is 126 cm³/mol. The molecule has 3 rings (SSSR count). The lowest BCUT2D eigenvalue weighted by Gasteiger charge is -2.09. The van der Waals surface area contributed by atoms with Crippen molar-refractivity contribution >= 4 is 51.6 Å². The summed E-state index contributed by atoms with van der Waals surface area (Å²) in [6.45, 7) is 0.864. The molecule has 2 N–H and O–H groups in total. The number of thioether (sulfide) groups is 2. The normalized spacial score (nSPS) is 13.0. The molecular formula is C21H22N4O4S2. The van der Waals surface area contributed by atoms with Gasteiger partial charge in [0.1, 0.15) is 15.9 Å². The SMILES string of the molecule is COc1ccc(NC(=O)C(=O)N/N=C/c2ccc(OC)c(CSC3=NCCS3)c2)cc1. The quantitative estimate of drug-likeness (QED) is 0.376. The molecule has 0 saturated heterocycles. The van der Waals surface area contributed by atoms with E-state index < -0.39 is 11.8 Å². The van der Waals surface area contributed by atoms with Crippen molar-refractivity contribution in [3.63, 3.8) is 0 Å². The lowest BCUT2D eigenvalue weighted by atomic mass is 10.1. The number of carbonyl (C=O) groups is 2. The first-order chi connectivity index (χ1) is 15.1. The molecule has 2 amide bonds. The van der Waals surface area contributed by atoms with Crippen LogP contribution in [0.1, 0.15) is 11.1 Å². The topological polar surface area (TPSA) is 101 Å². The first-order valence-electron chi connectivity index (χ1n) is 9.34. The molecule has 8 nitrogen and oxygen atoms in total. The Hall–Kier alpha value is -2.98. The molecule has 1 heterocycles. The molecule has 1 aliphatic heterocycles. The third-order valence-corrected chi connectivity index (χ3v) is 6.45. The van der Waals surface area contributed by atoms with Crippen LogP contribution in [0.3, 0.4) is 0 Å². The van der Waals surface area contributed by atoms with E-state index in [4.69, 9.17) is 9.47 Å². The molecule has 0 saturated carbocycles. The van der Waals surface area contributed by atoms with E-state index in [9.17, 15) is 9.59 Å². The van der Waals surface area contributed by atoms with Gasteiger partial charge in [-0.15, -0.1) is 0 Å². The molecule has 10 heteroatoms. The molecule has 0 bridgehead atoms. The van der Waals surface area contributed by atoms with Gasteiger partial charge in [-0.05, 0) is 48.0 Å². The van der Waals surface area contributed by atoms with Gasteiger partial charge in [0, 0.05) is 22.8 Å². The summed E-state index contributed by atoms with van der Waals surface area (Å²) < 4.78 is 11.6. The van der Waals surface area contributed by atoms with Crippen LogP contribution in [0.25, 0.3) is 0 Å². The summed E-state index contributed by atoms with van der Waals surface area (Å²) in [5, 5.41) is 6.38. The van der Waals surface area contributed by atoms with Gasteiger partial charge >= 0.3 is 11.8 Å². The zero-order valence-corrected chi connectivity index (χ0v) is 18.7. The van der Waals surface area contributed by atoms with Crippen molar-refractivity contribution in [1.29, 1.82) is 0 Å². The molecular weight excluding hydrogens is 436 g/mol. The van der Waals surface area contributed by atoms with Gasteiger partial charge in [-0.2, -0.15) is 5.10 Å². The van der Waals surface area contributed by atoms with Gasteiger partial charge in [0.05, 0.1) is 27.0 Å². The minimum absolute atomic E-state index is 0.479. The number of carbonyl (C=O) groups excluding carboxylic acids is 2. The van der Waals surface area contributed by atoms with Gasteiger partial charge in [0.2, 0.25) is 0 Å². The average molecular weight is 459 g/mol. The molecule has 0 aromatic heterocycles. The second-order valence-corrected chi connectivity index (χ2v) is 8.54. The van der Waals surface area contributed by atoms with E-state index in [1.165, 1.54) is 6.21 Å². The highest BCUT2D eigenvalue weighted by atomic mass is 32.2. The van der Waals surface area contributed by atoms with Crippen LogP contribution in [0.4, 0.5) is 5.69 Å². The van der Waals surface area contributed by atoms with E-state index in [0.29, 0.717) is 17.2 Å². The van der Waals surface area contributed by atoms with Crippen LogP contribution in [0.15, 0.2) is 52.6 Å². The zero-order valence-electron chi connectivity index (χ0n) is 17.1. The van der Waals surface area contributed by atoms with Crippen LogP contribution < -0.4 is 20.2 Å². The number of amides is 2. The zero-order chi connectivity index (χ0) is 22.1. The van der Waals surface area contributed by atoms with Crippen LogP contribution in [0.2, 0.25) is 0 Å². The molecule has 0 atom stereocenters. The minimum atomic E-state index is -0.868. The minimum Gasteiger partial charge on any atom is -0.497 e. The van der Waals surface area contributed by atoms with Crippen LogP contribution in [-0.4, -0.2) is 48.9 Å². The van der Waals surface area contributed by atoms with Crippen molar-refractivity contribution in [1.82, 2.24) is 5.43 Å². The molecule has 0 radical (unpaired) electrons. The number of ether oxygens (including phenoxy) is 2. The second kappa shape index (κ2) is 11.4. The van der Waals surface area contributed by atoms with Crippen molar-refractivity contribution in [3.05, 3.63) is 53.6 Å². The van der Waals surface area contributed by atoms with E-state index in [1.807, 2.05) is 18.2 Å². The fraction of sp³-hybridized carbons (Fsp3) is 0.238. The summed E-state index contributed by atoms with van der Waals surface area (Å²) in [7, 11) is 3.17. The maximum absolute atomic E-state index is 12.0. The Morgan fingerprint density at radius 1 is 1.16 bits per heavy atom. The van der Waals surface area contributed by atoms with E-state index >= 15 is 0 Å². The van der Waals surface area contributed by atoms with Crippen LogP contribution in [0.5, 0.6) is 11.5 Å². The van der Waals surface area contributed by atoms with Gasteiger partial charge in [0.15, 0.2) is 0 Å². The van der Waals surface area contributed by atoms with E-state index in [-0.39, 0.29) is 0 Å². The fourth-order valence-electron chi connectivity index (χ4n) is 2.61. The number of hydrogen-bond acceptors (Lipinski definition) is 8. The highest BCUT2D eigenvalue weighted by Gasteiger charge is 2.13. The number of aliphatic imine (C=N–C) groups is 1. The maximum atomic E-state index is 12.0. The highest BCUT2D eigenvalue weighted by molar-refractivity contribution is 8.38. The Morgan fingerprint density at radius 2 is 1.97 bits per heavy atom. The van der Waals surface area contributed by atoms with Crippen molar-refractivity contribution < 1.29 is 19.1 Å². The van der Waals surface area contributed by atoms with Gasteiger partial charge in [-0.1, -0.05) is 23.5 Å². The number of rotatable bonds is 7. The van der Waals surface area contributed by atoms with Gasteiger partial charge in [-0.3, -0.25) is 14.6 Å². The van der Waals surface area contributed by atoms with Crippen molar-refractivity contribution in [2.24, 2.45) is 10.1 Å². The molecule has 2 aromatic carbocycles. The summed E-state index contributed by atoms with van der Waals surface area (Å²) >= 11 is 3.42. The Labute approximate surface area is 188 Å².